The van der Waals surface area contributed by atoms with E-state index >= 15 is 0 Å². The van der Waals surface area contributed by atoms with Gasteiger partial charge < -0.3 is 10.2 Å². The number of hydrogen-bond donors (Lipinski definition) is 1. The zero-order valence-electron chi connectivity index (χ0n) is 11.9. The van der Waals surface area contributed by atoms with Gasteiger partial charge in [0.15, 0.2) is 9.84 Å². The van der Waals surface area contributed by atoms with Gasteiger partial charge in [-0.05, 0) is 30.7 Å². The minimum atomic E-state index is -3.18. The Labute approximate surface area is 123 Å². The maximum absolute atomic E-state index is 11.7. The van der Waals surface area contributed by atoms with Crippen molar-refractivity contribution in [2.24, 2.45) is 5.73 Å². The molecular formula is C16H17NO3S. The van der Waals surface area contributed by atoms with Crippen LogP contribution in [0.1, 0.15) is 18.5 Å². The van der Waals surface area contributed by atoms with Gasteiger partial charge >= 0.3 is 0 Å². The molecule has 0 aliphatic heterocycles. The monoisotopic (exact) mass is 303 g/mol. The van der Waals surface area contributed by atoms with Crippen molar-refractivity contribution in [3.63, 3.8) is 0 Å². The molecule has 0 saturated carbocycles. The van der Waals surface area contributed by atoms with Gasteiger partial charge in [-0.1, -0.05) is 24.3 Å². The second-order valence-corrected chi connectivity index (χ2v) is 7.82. The first-order chi connectivity index (χ1) is 9.88. The highest BCUT2D eigenvalue weighted by Crippen LogP contribution is 2.31. The molecule has 2 N–H and O–H groups in total. The second kappa shape index (κ2) is 4.86. The second-order valence-electron chi connectivity index (χ2n) is 5.41. The maximum atomic E-state index is 11.7. The average Bonchev–Trinajstić information content (AvgIpc) is 2.82. The van der Waals surface area contributed by atoms with Crippen LogP contribution in [0.25, 0.3) is 21.9 Å². The third-order valence-corrected chi connectivity index (χ3v) is 5.61. The van der Waals surface area contributed by atoms with Crippen molar-refractivity contribution >= 4 is 31.8 Å². The molecule has 0 aliphatic rings. The summed E-state index contributed by atoms with van der Waals surface area (Å²) in [4.78, 5) is 0. The van der Waals surface area contributed by atoms with Gasteiger partial charge in [-0.15, -0.1) is 0 Å². The fourth-order valence-corrected chi connectivity index (χ4v) is 3.18. The van der Waals surface area contributed by atoms with E-state index in [1.165, 1.54) is 6.26 Å². The van der Waals surface area contributed by atoms with Gasteiger partial charge in [0.2, 0.25) is 0 Å². The van der Waals surface area contributed by atoms with Crippen molar-refractivity contribution in [3.8, 4) is 0 Å². The SMILES string of the molecule is CC(C(N)c1ccc2oc3ccccc3c2c1)S(C)(=O)=O. The molecule has 2 atom stereocenters. The highest BCUT2D eigenvalue weighted by atomic mass is 32.2. The molecule has 0 fully saturated rings. The molecule has 1 heterocycles. The molecule has 2 unspecified atom stereocenters. The van der Waals surface area contributed by atoms with Gasteiger partial charge in [0.1, 0.15) is 11.2 Å². The molecule has 0 radical (unpaired) electrons. The molecule has 4 nitrogen and oxygen atoms in total. The fraction of sp³-hybridized carbons (Fsp3) is 0.250. The summed E-state index contributed by atoms with van der Waals surface area (Å²) in [6.07, 6.45) is 1.21. The minimum absolute atomic E-state index is 0.557. The standard InChI is InChI=1S/C16H17NO3S/c1-10(21(2,18)19)16(17)11-7-8-15-13(9-11)12-5-3-4-6-14(12)20-15/h3-10,16H,17H2,1-2H3. The van der Waals surface area contributed by atoms with Crippen molar-refractivity contribution in [1.29, 1.82) is 0 Å². The van der Waals surface area contributed by atoms with Crippen LogP contribution in [0.4, 0.5) is 0 Å². The molecule has 3 rings (SSSR count). The van der Waals surface area contributed by atoms with Gasteiger partial charge in [-0.3, -0.25) is 0 Å². The number of nitrogens with two attached hydrogens (primary N) is 1. The van der Waals surface area contributed by atoms with E-state index in [4.69, 9.17) is 10.2 Å². The maximum Gasteiger partial charge on any atom is 0.151 e. The summed E-state index contributed by atoms with van der Waals surface area (Å²) in [6, 6.07) is 12.8. The van der Waals surface area contributed by atoms with E-state index < -0.39 is 21.1 Å². The van der Waals surface area contributed by atoms with Crippen LogP contribution in [0.3, 0.4) is 0 Å². The number of sulfone groups is 1. The Morgan fingerprint density at radius 3 is 2.43 bits per heavy atom. The molecular weight excluding hydrogens is 286 g/mol. The zero-order valence-corrected chi connectivity index (χ0v) is 12.7. The lowest BCUT2D eigenvalue weighted by Crippen LogP contribution is -2.30. The lowest BCUT2D eigenvalue weighted by atomic mass is 10.0. The van der Waals surface area contributed by atoms with E-state index in [9.17, 15) is 8.42 Å². The Balaban J connectivity index is 2.14. The predicted octanol–water partition coefficient (Wildman–Crippen LogP) is 3.02. The van der Waals surface area contributed by atoms with E-state index in [1.54, 1.807) is 6.92 Å². The summed E-state index contributed by atoms with van der Waals surface area (Å²) in [5, 5.41) is 1.33. The summed E-state index contributed by atoms with van der Waals surface area (Å²) in [5.74, 6) is 0. The summed E-state index contributed by atoms with van der Waals surface area (Å²) in [7, 11) is -3.18. The van der Waals surface area contributed by atoms with E-state index in [1.807, 2.05) is 42.5 Å². The van der Waals surface area contributed by atoms with E-state index in [2.05, 4.69) is 0 Å². The molecule has 1 aromatic heterocycles. The number of rotatable bonds is 3. The molecule has 0 bridgehead atoms. The zero-order chi connectivity index (χ0) is 15.2. The Hall–Kier alpha value is -1.85. The van der Waals surface area contributed by atoms with Crippen molar-refractivity contribution in [2.75, 3.05) is 6.26 Å². The highest BCUT2D eigenvalue weighted by molar-refractivity contribution is 7.91. The van der Waals surface area contributed by atoms with Crippen LogP contribution in [0.15, 0.2) is 46.9 Å². The van der Waals surface area contributed by atoms with Crippen LogP contribution in [0, 0.1) is 0 Å². The van der Waals surface area contributed by atoms with Crippen molar-refractivity contribution in [2.45, 2.75) is 18.2 Å². The van der Waals surface area contributed by atoms with Crippen LogP contribution >= 0.6 is 0 Å². The van der Waals surface area contributed by atoms with Gasteiger partial charge in [-0.25, -0.2) is 8.42 Å². The van der Waals surface area contributed by atoms with Gasteiger partial charge in [0.25, 0.3) is 0 Å². The number of para-hydroxylation sites is 1. The largest absolute Gasteiger partial charge is 0.456 e. The Morgan fingerprint density at radius 2 is 1.71 bits per heavy atom. The van der Waals surface area contributed by atoms with Gasteiger partial charge in [0.05, 0.1) is 5.25 Å². The smallest absolute Gasteiger partial charge is 0.151 e. The number of furan rings is 1. The van der Waals surface area contributed by atoms with Crippen LogP contribution in [-0.2, 0) is 9.84 Å². The van der Waals surface area contributed by atoms with Gasteiger partial charge in [-0.2, -0.15) is 0 Å². The molecule has 5 heteroatoms. The minimum Gasteiger partial charge on any atom is -0.456 e. The molecule has 2 aromatic carbocycles. The van der Waals surface area contributed by atoms with Gasteiger partial charge in [0, 0.05) is 23.1 Å². The molecule has 21 heavy (non-hydrogen) atoms. The summed E-state index contributed by atoms with van der Waals surface area (Å²) < 4.78 is 29.1. The van der Waals surface area contributed by atoms with Crippen LogP contribution < -0.4 is 5.73 Å². The molecule has 0 saturated heterocycles. The summed E-state index contributed by atoms with van der Waals surface area (Å²) in [6.45, 7) is 1.64. The van der Waals surface area contributed by atoms with Crippen LogP contribution in [0.5, 0.6) is 0 Å². The molecule has 0 spiro atoms. The van der Waals surface area contributed by atoms with E-state index in [-0.39, 0.29) is 0 Å². The number of fused-ring (bicyclic) bond motifs is 3. The Morgan fingerprint density at radius 1 is 1.05 bits per heavy atom. The molecule has 3 aromatic rings. The predicted molar refractivity (Wildman–Crippen MR) is 85.0 cm³/mol. The molecule has 0 aliphatic carbocycles. The molecule has 0 amide bonds. The van der Waals surface area contributed by atoms with E-state index in [0.29, 0.717) is 0 Å². The van der Waals surface area contributed by atoms with Crippen LogP contribution in [-0.4, -0.2) is 19.9 Å². The summed E-state index contributed by atoms with van der Waals surface area (Å²) in [5.41, 5.74) is 8.51. The average molecular weight is 303 g/mol. The molecule has 110 valence electrons. The lowest BCUT2D eigenvalue weighted by Gasteiger charge is -2.18. The fourth-order valence-electron chi connectivity index (χ4n) is 2.49. The van der Waals surface area contributed by atoms with Crippen molar-refractivity contribution in [1.82, 2.24) is 0 Å². The van der Waals surface area contributed by atoms with Crippen molar-refractivity contribution < 1.29 is 12.8 Å². The number of hydrogen-bond acceptors (Lipinski definition) is 4. The third-order valence-electron chi connectivity index (χ3n) is 3.97. The third kappa shape index (κ3) is 2.43. The van der Waals surface area contributed by atoms with Crippen LogP contribution in [0.2, 0.25) is 0 Å². The first kappa shape index (κ1) is 14.1. The first-order valence-corrected chi connectivity index (χ1v) is 8.69. The quantitative estimate of drug-likeness (QED) is 0.807. The normalized spacial score (nSPS) is 15.4. The summed E-state index contributed by atoms with van der Waals surface area (Å²) >= 11 is 0. The Bertz CT molecular complexity index is 912. The first-order valence-electron chi connectivity index (χ1n) is 6.73. The number of benzene rings is 2. The topological polar surface area (TPSA) is 73.3 Å². The highest BCUT2D eigenvalue weighted by Gasteiger charge is 2.24. The lowest BCUT2D eigenvalue weighted by molar-refractivity contribution is 0.571. The van der Waals surface area contributed by atoms with Crippen molar-refractivity contribution in [3.05, 3.63) is 48.0 Å². The Kier molecular flexibility index (Phi) is 3.26. The van der Waals surface area contributed by atoms with E-state index in [0.717, 1.165) is 27.5 Å².